The summed E-state index contributed by atoms with van der Waals surface area (Å²) in [6.07, 6.45) is -4.89. The first-order chi connectivity index (χ1) is 8.41. The molecule has 0 bridgehead atoms. The standard InChI is InChI=1S/C11H6F3NO3.Li/c12-11(13,14)7-8(6-4-2-1-3-5-6)15-18-9(7)10(16)17;/h1-5H,(H,16,17);/q;+1/p-1. The van der Waals surface area contributed by atoms with Crippen LogP contribution in [0.1, 0.15) is 16.1 Å². The second-order valence-electron chi connectivity index (χ2n) is 3.39. The summed E-state index contributed by atoms with van der Waals surface area (Å²) in [4.78, 5) is 10.6. The first kappa shape index (κ1) is 15.3. The van der Waals surface area contributed by atoms with Crippen LogP contribution in [0.3, 0.4) is 0 Å². The number of carboxylic acids is 1. The van der Waals surface area contributed by atoms with E-state index in [0.717, 1.165) is 0 Å². The molecular formula is C11H5F3LiNO3. The summed E-state index contributed by atoms with van der Waals surface area (Å²) < 4.78 is 42.6. The van der Waals surface area contributed by atoms with Crippen LogP contribution in [0.15, 0.2) is 34.9 Å². The fraction of sp³-hybridized carbons (Fsp3) is 0.0909. The van der Waals surface area contributed by atoms with Crippen molar-refractivity contribution in [2.75, 3.05) is 0 Å². The van der Waals surface area contributed by atoms with Crippen molar-refractivity contribution in [2.24, 2.45) is 0 Å². The van der Waals surface area contributed by atoms with E-state index in [2.05, 4.69) is 9.68 Å². The van der Waals surface area contributed by atoms with Crippen molar-refractivity contribution in [1.82, 2.24) is 5.16 Å². The van der Waals surface area contributed by atoms with Crippen molar-refractivity contribution in [3.8, 4) is 11.3 Å². The Morgan fingerprint density at radius 3 is 2.26 bits per heavy atom. The number of carbonyl (C=O) groups excluding carboxylic acids is 1. The van der Waals surface area contributed by atoms with Gasteiger partial charge >= 0.3 is 25.0 Å². The number of halogens is 3. The van der Waals surface area contributed by atoms with Crippen molar-refractivity contribution >= 4 is 5.97 Å². The van der Waals surface area contributed by atoms with Gasteiger partial charge in [-0.05, 0) is 0 Å². The number of benzene rings is 1. The zero-order chi connectivity index (χ0) is 13.3. The van der Waals surface area contributed by atoms with Crippen LogP contribution in [0.5, 0.6) is 0 Å². The van der Waals surface area contributed by atoms with Crippen LogP contribution in [0.25, 0.3) is 11.3 Å². The third-order valence-corrected chi connectivity index (χ3v) is 2.21. The number of carbonyl (C=O) groups is 1. The smallest absolute Gasteiger partial charge is 0.541 e. The molecule has 0 spiro atoms. The van der Waals surface area contributed by atoms with Gasteiger partial charge in [-0.15, -0.1) is 0 Å². The van der Waals surface area contributed by atoms with E-state index in [9.17, 15) is 23.1 Å². The molecule has 1 heterocycles. The van der Waals surface area contributed by atoms with Crippen molar-refractivity contribution in [3.63, 3.8) is 0 Å². The summed E-state index contributed by atoms with van der Waals surface area (Å²) in [5.74, 6) is -3.38. The van der Waals surface area contributed by atoms with Gasteiger partial charge in [0, 0.05) is 5.56 Å². The van der Waals surface area contributed by atoms with E-state index >= 15 is 0 Å². The average Bonchev–Trinajstić information content (AvgIpc) is 2.74. The number of hydrogen-bond acceptors (Lipinski definition) is 4. The molecule has 0 amide bonds. The summed E-state index contributed by atoms with van der Waals surface area (Å²) in [5, 5.41) is 13.7. The zero-order valence-corrected chi connectivity index (χ0v) is 9.69. The van der Waals surface area contributed by atoms with Gasteiger partial charge in [-0.25, -0.2) is 0 Å². The molecule has 0 saturated carbocycles. The van der Waals surface area contributed by atoms with Gasteiger partial charge < -0.3 is 14.4 Å². The molecule has 0 atom stereocenters. The first-order valence-corrected chi connectivity index (χ1v) is 4.75. The molecule has 0 unspecified atom stereocenters. The predicted molar refractivity (Wildman–Crippen MR) is 51.3 cm³/mol. The van der Waals surface area contributed by atoms with Crippen molar-refractivity contribution in [1.29, 1.82) is 0 Å². The molecule has 2 aromatic rings. The van der Waals surface area contributed by atoms with Crippen LogP contribution in [-0.2, 0) is 6.18 Å². The molecule has 94 valence electrons. The van der Waals surface area contributed by atoms with Crippen LogP contribution in [-0.4, -0.2) is 11.1 Å². The van der Waals surface area contributed by atoms with Gasteiger partial charge in [0.05, 0.1) is 0 Å². The van der Waals surface area contributed by atoms with Gasteiger partial charge in [0.25, 0.3) is 0 Å². The van der Waals surface area contributed by atoms with Gasteiger partial charge in [-0.2, -0.15) is 13.2 Å². The SMILES string of the molecule is O=C([O-])c1onc(-c2ccccc2)c1C(F)(F)F.[Li+]. The third kappa shape index (κ3) is 3.00. The monoisotopic (exact) mass is 263 g/mol. The van der Waals surface area contributed by atoms with E-state index in [4.69, 9.17) is 0 Å². The predicted octanol–water partition coefficient (Wildman–Crippen LogP) is -1.27. The summed E-state index contributed by atoms with van der Waals surface area (Å²) in [7, 11) is 0. The van der Waals surface area contributed by atoms with Crippen LogP contribution in [0.2, 0.25) is 0 Å². The summed E-state index contributed by atoms with van der Waals surface area (Å²) in [5.41, 5.74) is -1.89. The van der Waals surface area contributed by atoms with E-state index in [1.54, 1.807) is 6.07 Å². The van der Waals surface area contributed by atoms with Gasteiger partial charge in [-0.3, -0.25) is 0 Å². The second-order valence-corrected chi connectivity index (χ2v) is 3.39. The normalized spacial score (nSPS) is 10.9. The minimum Gasteiger partial charge on any atom is -0.541 e. The molecule has 1 aromatic heterocycles. The molecule has 0 radical (unpaired) electrons. The Morgan fingerprint density at radius 2 is 1.79 bits per heavy atom. The van der Waals surface area contributed by atoms with Crippen LogP contribution in [0.4, 0.5) is 13.2 Å². The van der Waals surface area contributed by atoms with Gasteiger partial charge in [-0.1, -0.05) is 35.5 Å². The number of nitrogens with zero attached hydrogens (tertiary/aromatic N) is 1. The molecule has 1 aromatic carbocycles. The molecule has 0 aliphatic rings. The number of carboxylic acid groups (broad SMARTS) is 1. The molecule has 8 heteroatoms. The molecule has 0 fully saturated rings. The Hall–Kier alpha value is -1.71. The topological polar surface area (TPSA) is 66.2 Å². The molecule has 0 saturated heterocycles. The number of aromatic carboxylic acids is 1. The Kier molecular flexibility index (Phi) is 4.45. The first-order valence-electron chi connectivity index (χ1n) is 4.75. The van der Waals surface area contributed by atoms with E-state index in [-0.39, 0.29) is 24.4 Å². The van der Waals surface area contributed by atoms with Crippen molar-refractivity contribution in [2.45, 2.75) is 6.18 Å². The Morgan fingerprint density at radius 1 is 1.21 bits per heavy atom. The summed E-state index contributed by atoms with van der Waals surface area (Å²) in [6, 6.07) is 7.35. The molecular weight excluding hydrogens is 258 g/mol. The number of alkyl halides is 3. The summed E-state index contributed by atoms with van der Waals surface area (Å²) in [6.45, 7) is 0. The molecule has 0 aliphatic carbocycles. The minimum absolute atomic E-state index is 0. The summed E-state index contributed by atoms with van der Waals surface area (Å²) >= 11 is 0. The number of hydrogen-bond donors (Lipinski definition) is 0. The fourth-order valence-corrected chi connectivity index (χ4v) is 1.49. The van der Waals surface area contributed by atoms with E-state index in [1.165, 1.54) is 24.3 Å². The second kappa shape index (κ2) is 5.51. The maximum Gasteiger partial charge on any atom is 1.00 e. The molecule has 0 aliphatic heterocycles. The van der Waals surface area contributed by atoms with Crippen molar-refractivity contribution < 1.29 is 46.5 Å². The average molecular weight is 263 g/mol. The van der Waals surface area contributed by atoms with Crippen molar-refractivity contribution in [3.05, 3.63) is 41.7 Å². The van der Waals surface area contributed by atoms with E-state index < -0.39 is 29.2 Å². The fourth-order valence-electron chi connectivity index (χ4n) is 1.49. The van der Waals surface area contributed by atoms with Gasteiger partial charge in [0.2, 0.25) is 0 Å². The van der Waals surface area contributed by atoms with Crippen LogP contribution in [0, 0.1) is 0 Å². The van der Waals surface area contributed by atoms with Gasteiger partial charge in [0.15, 0.2) is 5.76 Å². The van der Waals surface area contributed by atoms with Gasteiger partial charge in [0.1, 0.15) is 17.2 Å². The molecule has 4 nitrogen and oxygen atoms in total. The maximum absolute atomic E-state index is 12.8. The van der Waals surface area contributed by atoms with E-state index in [1.807, 2.05) is 0 Å². The van der Waals surface area contributed by atoms with E-state index in [0.29, 0.717) is 0 Å². The third-order valence-electron chi connectivity index (χ3n) is 2.21. The quantitative estimate of drug-likeness (QED) is 0.633. The molecule has 2 rings (SSSR count). The maximum atomic E-state index is 12.8. The Labute approximate surface area is 117 Å². The number of aromatic nitrogens is 1. The molecule has 0 N–H and O–H groups in total. The number of rotatable bonds is 2. The van der Waals surface area contributed by atoms with Crippen LogP contribution < -0.4 is 24.0 Å². The Balaban J connectivity index is 0.00000180. The largest absolute Gasteiger partial charge is 1.00 e. The van der Waals surface area contributed by atoms with Crippen LogP contribution >= 0.6 is 0 Å². The zero-order valence-electron chi connectivity index (χ0n) is 9.69. The minimum atomic E-state index is -4.89. The molecule has 19 heavy (non-hydrogen) atoms. The Bertz CT molecular complexity index is 581.